The lowest BCUT2D eigenvalue weighted by atomic mass is 10.0. The molecule has 0 radical (unpaired) electrons. The summed E-state index contributed by atoms with van der Waals surface area (Å²) in [5.41, 5.74) is 1.06. The molecule has 1 N–H and O–H groups in total. The van der Waals surface area contributed by atoms with E-state index in [1.165, 1.54) is 5.69 Å². The van der Waals surface area contributed by atoms with Crippen LogP contribution in [0.4, 0.5) is 0 Å². The Kier molecular flexibility index (Phi) is 5.81. The van der Waals surface area contributed by atoms with Crippen LogP contribution in [-0.2, 0) is 18.3 Å². The third kappa shape index (κ3) is 4.54. The number of nitrogens with zero attached hydrogens (tertiary/aromatic N) is 3. The zero-order valence-electron chi connectivity index (χ0n) is 13.6. The van der Waals surface area contributed by atoms with Crippen LogP contribution in [0.15, 0.2) is 18.3 Å². The number of aliphatic hydroxyl groups is 1. The minimum Gasteiger partial charge on any atom is -0.394 e. The van der Waals surface area contributed by atoms with Gasteiger partial charge in [0.05, 0.1) is 19.8 Å². The Morgan fingerprint density at radius 2 is 2.05 bits per heavy atom. The molecule has 0 bridgehead atoms. The molecule has 5 heteroatoms. The molecule has 1 saturated heterocycles. The average molecular weight is 295 g/mol. The normalized spacial score (nSPS) is 17.6. The second-order valence-electron chi connectivity index (χ2n) is 6.46. The summed E-state index contributed by atoms with van der Waals surface area (Å²) < 4.78 is 7.55. The Morgan fingerprint density at radius 3 is 2.62 bits per heavy atom. The molecule has 5 nitrogen and oxygen atoms in total. The lowest BCUT2D eigenvalue weighted by molar-refractivity contribution is 0.0115. The first-order chi connectivity index (χ1) is 10.0. The third-order valence-corrected chi connectivity index (χ3v) is 4.44. The number of morpholine rings is 1. The van der Waals surface area contributed by atoms with Gasteiger partial charge in [-0.25, -0.2) is 0 Å². The molecule has 1 aliphatic heterocycles. The molecule has 0 atom stereocenters. The summed E-state index contributed by atoms with van der Waals surface area (Å²) in [6.45, 7) is 10.9. The Labute approximate surface area is 128 Å². The Balaban J connectivity index is 1.96. The minimum atomic E-state index is -0.212. The van der Waals surface area contributed by atoms with Crippen LogP contribution < -0.4 is 0 Å². The minimum absolute atomic E-state index is 0.167. The van der Waals surface area contributed by atoms with Gasteiger partial charge in [0.25, 0.3) is 0 Å². The molecular formula is C16H29N3O2. The third-order valence-electron chi connectivity index (χ3n) is 4.44. The van der Waals surface area contributed by atoms with E-state index in [2.05, 4.69) is 53.6 Å². The fourth-order valence-corrected chi connectivity index (χ4v) is 2.64. The van der Waals surface area contributed by atoms with Gasteiger partial charge in [0.1, 0.15) is 0 Å². The molecule has 0 aliphatic carbocycles. The van der Waals surface area contributed by atoms with Crippen molar-refractivity contribution in [1.29, 1.82) is 0 Å². The molecule has 1 aromatic rings. The standard InChI is InChI=1S/C16H29N3O2/c1-16(2,14-20)19(13-15-5-4-6-17(15)3)8-7-18-9-11-21-12-10-18/h4-6,20H,7-14H2,1-3H3. The van der Waals surface area contributed by atoms with Crippen molar-refractivity contribution >= 4 is 0 Å². The van der Waals surface area contributed by atoms with E-state index in [1.54, 1.807) is 0 Å². The van der Waals surface area contributed by atoms with Crippen molar-refractivity contribution in [3.63, 3.8) is 0 Å². The zero-order valence-corrected chi connectivity index (χ0v) is 13.6. The second-order valence-corrected chi connectivity index (χ2v) is 6.46. The monoisotopic (exact) mass is 295 g/mol. The van der Waals surface area contributed by atoms with Crippen molar-refractivity contribution in [2.45, 2.75) is 25.9 Å². The number of hydrogen-bond donors (Lipinski definition) is 1. The summed E-state index contributed by atoms with van der Waals surface area (Å²) in [5, 5.41) is 9.72. The first kappa shape index (κ1) is 16.5. The van der Waals surface area contributed by atoms with E-state index in [1.807, 2.05) is 0 Å². The van der Waals surface area contributed by atoms with Gasteiger partial charge in [-0.05, 0) is 26.0 Å². The van der Waals surface area contributed by atoms with Gasteiger partial charge < -0.3 is 14.4 Å². The van der Waals surface area contributed by atoms with E-state index in [4.69, 9.17) is 4.74 Å². The molecule has 21 heavy (non-hydrogen) atoms. The van der Waals surface area contributed by atoms with Crippen LogP contribution in [0.2, 0.25) is 0 Å². The highest BCUT2D eigenvalue weighted by Crippen LogP contribution is 2.17. The molecular weight excluding hydrogens is 266 g/mol. The summed E-state index contributed by atoms with van der Waals surface area (Å²) in [6.07, 6.45) is 2.07. The van der Waals surface area contributed by atoms with Crippen LogP contribution in [0.1, 0.15) is 19.5 Å². The molecule has 0 saturated carbocycles. The molecule has 2 heterocycles. The molecule has 0 aromatic carbocycles. The van der Waals surface area contributed by atoms with E-state index >= 15 is 0 Å². The number of aromatic nitrogens is 1. The molecule has 1 aromatic heterocycles. The maximum atomic E-state index is 9.72. The molecule has 0 unspecified atom stereocenters. The lowest BCUT2D eigenvalue weighted by Gasteiger charge is -2.39. The lowest BCUT2D eigenvalue weighted by Crippen LogP contribution is -2.50. The smallest absolute Gasteiger partial charge is 0.0610 e. The molecule has 2 rings (SSSR count). The first-order valence-corrected chi connectivity index (χ1v) is 7.79. The quantitative estimate of drug-likeness (QED) is 0.812. The predicted molar refractivity (Wildman–Crippen MR) is 84.2 cm³/mol. The average Bonchev–Trinajstić information content (AvgIpc) is 2.89. The maximum Gasteiger partial charge on any atom is 0.0610 e. The Morgan fingerprint density at radius 1 is 1.33 bits per heavy atom. The molecule has 0 spiro atoms. The summed E-state index contributed by atoms with van der Waals surface area (Å²) in [4.78, 5) is 4.81. The number of rotatable bonds is 7. The van der Waals surface area contributed by atoms with Crippen molar-refractivity contribution in [2.24, 2.45) is 7.05 Å². The number of aryl methyl sites for hydroxylation is 1. The van der Waals surface area contributed by atoms with Gasteiger partial charge in [0.15, 0.2) is 0 Å². The Bertz CT molecular complexity index is 425. The number of ether oxygens (including phenoxy) is 1. The van der Waals surface area contributed by atoms with Crippen LogP contribution in [0.25, 0.3) is 0 Å². The fourth-order valence-electron chi connectivity index (χ4n) is 2.64. The van der Waals surface area contributed by atoms with Crippen LogP contribution >= 0.6 is 0 Å². The van der Waals surface area contributed by atoms with Crippen molar-refractivity contribution < 1.29 is 9.84 Å². The summed E-state index contributed by atoms with van der Waals surface area (Å²) >= 11 is 0. The molecule has 1 aliphatic rings. The second kappa shape index (κ2) is 7.40. The van der Waals surface area contributed by atoms with Gasteiger partial charge in [0.2, 0.25) is 0 Å². The van der Waals surface area contributed by atoms with E-state index in [-0.39, 0.29) is 12.1 Å². The van der Waals surface area contributed by atoms with Gasteiger partial charge in [-0.2, -0.15) is 0 Å². The van der Waals surface area contributed by atoms with Crippen LogP contribution in [0.5, 0.6) is 0 Å². The summed E-state index contributed by atoms with van der Waals surface area (Å²) in [7, 11) is 2.07. The van der Waals surface area contributed by atoms with Crippen molar-refractivity contribution in [3.05, 3.63) is 24.0 Å². The largest absolute Gasteiger partial charge is 0.394 e. The fraction of sp³-hybridized carbons (Fsp3) is 0.750. The van der Waals surface area contributed by atoms with E-state index in [0.717, 1.165) is 45.9 Å². The van der Waals surface area contributed by atoms with E-state index in [9.17, 15) is 5.11 Å². The van der Waals surface area contributed by atoms with Crippen molar-refractivity contribution in [3.8, 4) is 0 Å². The van der Waals surface area contributed by atoms with Crippen molar-refractivity contribution in [2.75, 3.05) is 46.0 Å². The zero-order chi connectivity index (χ0) is 15.3. The van der Waals surface area contributed by atoms with Gasteiger partial charge in [-0.15, -0.1) is 0 Å². The highest BCUT2D eigenvalue weighted by Gasteiger charge is 2.27. The maximum absolute atomic E-state index is 9.72. The van der Waals surface area contributed by atoms with E-state index in [0.29, 0.717) is 0 Å². The van der Waals surface area contributed by atoms with Crippen LogP contribution in [-0.4, -0.2) is 71.0 Å². The molecule has 120 valence electrons. The Hall–Kier alpha value is -0.880. The predicted octanol–water partition coefficient (Wildman–Crippen LogP) is 0.930. The van der Waals surface area contributed by atoms with E-state index < -0.39 is 0 Å². The van der Waals surface area contributed by atoms with Gasteiger partial charge in [0, 0.05) is 57.2 Å². The number of hydrogen-bond acceptors (Lipinski definition) is 4. The van der Waals surface area contributed by atoms with Gasteiger partial charge in [-0.3, -0.25) is 9.80 Å². The van der Waals surface area contributed by atoms with Crippen LogP contribution in [0, 0.1) is 0 Å². The van der Waals surface area contributed by atoms with Gasteiger partial charge >= 0.3 is 0 Å². The van der Waals surface area contributed by atoms with Crippen molar-refractivity contribution in [1.82, 2.24) is 14.4 Å². The topological polar surface area (TPSA) is 40.9 Å². The van der Waals surface area contributed by atoms with Crippen LogP contribution in [0.3, 0.4) is 0 Å². The summed E-state index contributed by atoms with van der Waals surface area (Å²) in [6, 6.07) is 4.22. The molecule has 1 fully saturated rings. The highest BCUT2D eigenvalue weighted by molar-refractivity contribution is 5.07. The van der Waals surface area contributed by atoms with Gasteiger partial charge in [-0.1, -0.05) is 0 Å². The summed E-state index contributed by atoms with van der Waals surface area (Å²) in [5.74, 6) is 0. The number of aliphatic hydroxyl groups excluding tert-OH is 1. The SMILES string of the molecule is Cn1cccc1CN(CCN1CCOCC1)C(C)(C)CO. The molecule has 0 amide bonds. The first-order valence-electron chi connectivity index (χ1n) is 7.79. The highest BCUT2D eigenvalue weighted by atomic mass is 16.5.